The predicted octanol–water partition coefficient (Wildman–Crippen LogP) is 6.64. The summed E-state index contributed by atoms with van der Waals surface area (Å²) in [5, 5.41) is 10.3. The van der Waals surface area contributed by atoms with Crippen molar-refractivity contribution in [2.75, 3.05) is 41.8 Å². The summed E-state index contributed by atoms with van der Waals surface area (Å²) in [5.74, 6) is 2.70. The fraction of sp³-hybridized carbons (Fsp3) is 0.219. The minimum absolute atomic E-state index is 0.0601. The zero-order valence-electron chi connectivity index (χ0n) is 23.3. The Hall–Kier alpha value is -3.86. The molecular formula is C32H37O6P. The van der Waals surface area contributed by atoms with Gasteiger partial charge in [0.05, 0.1) is 34.0 Å². The van der Waals surface area contributed by atoms with Crippen LogP contribution in [0.1, 0.15) is 33.2 Å². The largest absolute Gasteiger partial charge is 0.497 e. The van der Waals surface area contributed by atoms with Gasteiger partial charge < -0.3 is 24.1 Å². The maximum Gasteiger partial charge on any atom is 0.196 e. The molecule has 0 spiro atoms. The number of aliphatic hydroxyl groups excluding tert-OH is 1. The normalized spacial score (nSPS) is 10.5. The molecule has 39 heavy (non-hydrogen) atoms. The second kappa shape index (κ2) is 16.9. The van der Waals surface area contributed by atoms with Gasteiger partial charge in [0.2, 0.25) is 0 Å². The number of aliphatic hydroxyl groups is 1. The molecule has 0 saturated heterocycles. The van der Waals surface area contributed by atoms with E-state index < -0.39 is 6.10 Å². The van der Waals surface area contributed by atoms with Gasteiger partial charge in [-0.05, 0) is 73.5 Å². The van der Waals surface area contributed by atoms with Gasteiger partial charge in [-0.15, -0.1) is 8.58 Å². The summed E-state index contributed by atoms with van der Waals surface area (Å²) in [5.41, 5.74) is 2.73. The molecular weight excluding hydrogens is 511 g/mol. The van der Waals surface area contributed by atoms with Gasteiger partial charge in [-0.25, -0.2) is 0 Å². The average Bonchev–Trinajstić information content (AvgIpc) is 3.01. The van der Waals surface area contributed by atoms with Crippen molar-refractivity contribution in [2.24, 2.45) is 0 Å². The van der Waals surface area contributed by atoms with E-state index in [1.165, 1.54) is 0 Å². The molecule has 1 unspecified atom stereocenters. The molecule has 4 aromatic carbocycles. The molecule has 206 valence electrons. The summed E-state index contributed by atoms with van der Waals surface area (Å²) in [6.45, 7) is 4.31. The highest BCUT2D eigenvalue weighted by molar-refractivity contribution is 7.35. The first-order valence-electron chi connectivity index (χ1n) is 12.3. The number of carbonyl (C=O) groups is 1. The molecule has 1 atom stereocenters. The van der Waals surface area contributed by atoms with Gasteiger partial charge in [-0.3, -0.25) is 4.79 Å². The lowest BCUT2D eigenvalue weighted by Gasteiger charge is -2.15. The van der Waals surface area contributed by atoms with E-state index in [-0.39, 0.29) is 5.78 Å². The lowest BCUT2D eigenvalue weighted by Crippen LogP contribution is -2.03. The van der Waals surface area contributed by atoms with E-state index >= 15 is 0 Å². The number of hydrogen-bond donors (Lipinski definition) is 1. The van der Waals surface area contributed by atoms with Crippen LogP contribution >= 0.6 is 8.58 Å². The van der Waals surface area contributed by atoms with E-state index in [2.05, 4.69) is 13.3 Å². The van der Waals surface area contributed by atoms with Crippen LogP contribution in [0.2, 0.25) is 0 Å². The van der Waals surface area contributed by atoms with Gasteiger partial charge in [0.1, 0.15) is 29.1 Å². The number of methoxy groups -OCH3 is 4. The molecule has 0 aliphatic rings. The van der Waals surface area contributed by atoms with Crippen LogP contribution < -0.4 is 18.9 Å². The first kappa shape index (κ1) is 31.4. The molecule has 7 heteroatoms. The number of ketones is 1. The molecule has 0 fully saturated rings. The Labute approximate surface area is 233 Å². The summed E-state index contributed by atoms with van der Waals surface area (Å²) in [6, 6.07) is 29.0. The van der Waals surface area contributed by atoms with Crippen molar-refractivity contribution < 1.29 is 28.8 Å². The van der Waals surface area contributed by atoms with Crippen LogP contribution in [0.25, 0.3) is 0 Å². The van der Waals surface area contributed by atoms with Crippen molar-refractivity contribution in [1.82, 2.24) is 0 Å². The quantitative estimate of drug-likeness (QED) is 0.196. The Balaban J connectivity index is 0.000000249. The predicted molar refractivity (Wildman–Crippen MR) is 160 cm³/mol. The maximum absolute atomic E-state index is 12.3. The molecule has 1 N–H and O–H groups in total. The molecule has 0 aromatic heterocycles. The van der Waals surface area contributed by atoms with Crippen molar-refractivity contribution in [3.8, 4) is 23.0 Å². The fourth-order valence-electron chi connectivity index (χ4n) is 3.59. The van der Waals surface area contributed by atoms with Crippen molar-refractivity contribution in [1.29, 1.82) is 0 Å². The number of benzene rings is 4. The molecule has 0 bridgehead atoms. The Bertz CT molecular complexity index is 1270. The highest BCUT2D eigenvalue weighted by atomic mass is 31.1. The Morgan fingerprint density at radius 1 is 0.641 bits per heavy atom. The minimum Gasteiger partial charge on any atom is -0.497 e. The summed E-state index contributed by atoms with van der Waals surface area (Å²) in [6.07, 6.45) is -0.702. The third-order valence-corrected chi connectivity index (χ3v) is 5.57. The number of para-hydroxylation sites is 2. The molecule has 0 saturated carbocycles. The number of hydrogen-bond acceptors (Lipinski definition) is 6. The lowest BCUT2D eigenvalue weighted by molar-refractivity contribution is 0.103. The van der Waals surface area contributed by atoms with Crippen LogP contribution in [0.5, 0.6) is 23.0 Å². The topological polar surface area (TPSA) is 74.2 Å². The van der Waals surface area contributed by atoms with Crippen molar-refractivity contribution in [3.63, 3.8) is 0 Å². The van der Waals surface area contributed by atoms with Crippen LogP contribution in [0.15, 0.2) is 97.1 Å². The highest BCUT2D eigenvalue weighted by Crippen LogP contribution is 2.30. The summed E-state index contributed by atoms with van der Waals surface area (Å²) >= 11 is 0. The molecule has 4 rings (SSSR count). The van der Waals surface area contributed by atoms with E-state index in [0.29, 0.717) is 22.6 Å². The Morgan fingerprint density at radius 3 is 1.62 bits per heavy atom. The maximum atomic E-state index is 12.3. The van der Waals surface area contributed by atoms with Crippen LogP contribution in [0.4, 0.5) is 0 Å². The number of carbonyl (C=O) groups excluding carboxylic acids is 1. The molecule has 0 aliphatic heterocycles. The molecule has 6 nitrogen and oxygen atoms in total. The number of ether oxygens (including phenoxy) is 4. The molecule has 4 aromatic rings. The average molecular weight is 549 g/mol. The number of rotatable bonds is 8. The first-order chi connectivity index (χ1) is 18.9. The summed E-state index contributed by atoms with van der Waals surface area (Å²) in [7, 11) is 7.45. The SMILES string of the molecule is COc1ccc(C(=O)c2ccccc2OC)cc1.COc1ccc(C(O)c2ccccc2OC)cc1.CPC. The fourth-order valence-corrected chi connectivity index (χ4v) is 3.59. The van der Waals surface area contributed by atoms with Crippen molar-refractivity contribution in [2.45, 2.75) is 6.10 Å². The van der Waals surface area contributed by atoms with E-state index in [0.717, 1.165) is 31.2 Å². The van der Waals surface area contributed by atoms with Crippen molar-refractivity contribution >= 4 is 14.4 Å². The smallest absolute Gasteiger partial charge is 0.196 e. The van der Waals surface area contributed by atoms with Gasteiger partial charge in [0.25, 0.3) is 0 Å². The Kier molecular flexibility index (Phi) is 13.6. The third-order valence-electron chi connectivity index (χ3n) is 5.57. The molecule has 0 amide bonds. The molecule has 0 radical (unpaired) electrons. The van der Waals surface area contributed by atoms with Gasteiger partial charge in [-0.1, -0.05) is 42.5 Å². The van der Waals surface area contributed by atoms with Crippen LogP contribution in [0, 0.1) is 0 Å². The standard InChI is InChI=1S/C15H16O3.C15H14O3.C2H7P/c2*1-17-12-9-7-11(8-10-12)15(16)13-5-3-4-6-14(13)18-2;1-3-2/h3-10,15-16H,1-2H3;3-10H,1-2H3;3H,1-2H3. The van der Waals surface area contributed by atoms with E-state index in [1.54, 1.807) is 64.8 Å². The summed E-state index contributed by atoms with van der Waals surface area (Å²) < 4.78 is 20.6. The van der Waals surface area contributed by atoms with Crippen LogP contribution in [-0.4, -0.2) is 52.7 Å². The van der Waals surface area contributed by atoms with E-state index in [1.807, 2.05) is 60.7 Å². The van der Waals surface area contributed by atoms with E-state index in [9.17, 15) is 9.90 Å². The summed E-state index contributed by atoms with van der Waals surface area (Å²) in [4.78, 5) is 12.3. The van der Waals surface area contributed by atoms with Gasteiger partial charge in [0.15, 0.2) is 5.78 Å². The van der Waals surface area contributed by atoms with Gasteiger partial charge in [0, 0.05) is 11.1 Å². The second-order valence-corrected chi connectivity index (χ2v) is 9.18. The zero-order chi connectivity index (χ0) is 28.6. The monoisotopic (exact) mass is 548 g/mol. The van der Waals surface area contributed by atoms with Crippen LogP contribution in [0.3, 0.4) is 0 Å². The van der Waals surface area contributed by atoms with Crippen LogP contribution in [-0.2, 0) is 0 Å². The van der Waals surface area contributed by atoms with E-state index in [4.69, 9.17) is 18.9 Å². The van der Waals surface area contributed by atoms with Crippen molar-refractivity contribution in [3.05, 3.63) is 119 Å². The molecule has 0 heterocycles. The van der Waals surface area contributed by atoms with Gasteiger partial charge in [-0.2, -0.15) is 0 Å². The zero-order valence-corrected chi connectivity index (χ0v) is 24.3. The minimum atomic E-state index is -0.702. The molecule has 0 aliphatic carbocycles. The highest BCUT2D eigenvalue weighted by Gasteiger charge is 2.15. The first-order valence-corrected chi connectivity index (χ1v) is 14.3. The third kappa shape index (κ3) is 9.13. The lowest BCUT2D eigenvalue weighted by atomic mass is 10.0. The van der Waals surface area contributed by atoms with Gasteiger partial charge >= 0.3 is 0 Å². The second-order valence-electron chi connectivity index (χ2n) is 8.18. The Morgan fingerprint density at radius 2 is 1.10 bits per heavy atom.